The maximum Gasteiger partial charge on any atom is 0.250 e. The number of likely N-dealkylation sites (N-methyl/N-ethyl adjacent to an activating group) is 1. The summed E-state index contributed by atoms with van der Waals surface area (Å²) in [7, 11) is 0. The maximum absolute atomic E-state index is 11.8. The second-order valence-corrected chi connectivity index (χ2v) is 4.96. The molecule has 18 heavy (non-hydrogen) atoms. The van der Waals surface area contributed by atoms with Crippen molar-refractivity contribution in [1.29, 1.82) is 0 Å². The van der Waals surface area contributed by atoms with Crippen LogP contribution in [0.15, 0.2) is 0 Å². The number of hydrogen-bond acceptors (Lipinski definition) is 4. The minimum absolute atomic E-state index is 0. The molecule has 5 nitrogen and oxygen atoms in total. The van der Waals surface area contributed by atoms with Crippen LogP contribution in [-0.2, 0) is 9.53 Å². The third kappa shape index (κ3) is 7.38. The lowest BCUT2D eigenvalue weighted by Gasteiger charge is -2.31. The van der Waals surface area contributed by atoms with Crippen molar-refractivity contribution in [3.63, 3.8) is 0 Å². The fourth-order valence-electron chi connectivity index (χ4n) is 1.58. The number of morpholine rings is 1. The lowest BCUT2D eigenvalue weighted by Crippen LogP contribution is -2.53. The number of carbonyl (C=O) groups excluding carboxylic acids is 1. The largest absolute Gasteiger partial charge is 0.366 e. The summed E-state index contributed by atoms with van der Waals surface area (Å²) in [6.07, 6.45) is -0.351. The molecule has 1 saturated heterocycles. The van der Waals surface area contributed by atoms with Crippen LogP contribution in [0.3, 0.4) is 0 Å². The van der Waals surface area contributed by atoms with Crippen LogP contribution in [-0.4, -0.2) is 55.2 Å². The van der Waals surface area contributed by atoms with Crippen LogP contribution >= 0.6 is 24.8 Å². The number of hydrogen-bond donors (Lipinski definition) is 2. The van der Waals surface area contributed by atoms with Crippen molar-refractivity contribution in [2.75, 3.05) is 32.8 Å². The first kappa shape index (κ1) is 20.3. The zero-order chi connectivity index (χ0) is 12.2. The van der Waals surface area contributed by atoms with Gasteiger partial charge in [-0.15, -0.1) is 24.8 Å². The van der Waals surface area contributed by atoms with Gasteiger partial charge in [-0.25, -0.2) is 0 Å². The van der Waals surface area contributed by atoms with E-state index in [0.29, 0.717) is 19.7 Å². The van der Waals surface area contributed by atoms with Gasteiger partial charge in [0, 0.05) is 25.2 Å². The Morgan fingerprint density at radius 1 is 1.50 bits per heavy atom. The van der Waals surface area contributed by atoms with E-state index >= 15 is 0 Å². The molecule has 1 fully saturated rings. The Morgan fingerprint density at radius 2 is 2.11 bits per heavy atom. The number of ether oxygens (including phenoxy) is 1. The Kier molecular flexibility index (Phi) is 10.1. The highest BCUT2D eigenvalue weighted by Crippen LogP contribution is 2.05. The van der Waals surface area contributed by atoms with Gasteiger partial charge in [-0.3, -0.25) is 9.69 Å². The fourth-order valence-corrected chi connectivity index (χ4v) is 1.58. The van der Waals surface area contributed by atoms with Crippen molar-refractivity contribution in [2.24, 2.45) is 5.73 Å². The number of carbonyl (C=O) groups is 1. The fraction of sp³-hybridized carbons (Fsp3) is 0.909. The predicted octanol–water partition coefficient (Wildman–Crippen LogP) is 0.404. The molecule has 1 aliphatic heterocycles. The summed E-state index contributed by atoms with van der Waals surface area (Å²) in [6, 6.07) is 0. The van der Waals surface area contributed by atoms with Gasteiger partial charge < -0.3 is 15.8 Å². The Labute approximate surface area is 122 Å². The SMILES string of the molecule is CCN1CCOC(C(=O)NCC(C)(C)N)C1.Cl.Cl. The van der Waals surface area contributed by atoms with E-state index in [4.69, 9.17) is 10.5 Å². The third-order valence-electron chi connectivity index (χ3n) is 2.61. The van der Waals surface area contributed by atoms with Crippen LogP contribution in [0.2, 0.25) is 0 Å². The van der Waals surface area contributed by atoms with Crippen molar-refractivity contribution >= 4 is 30.7 Å². The van der Waals surface area contributed by atoms with E-state index < -0.39 is 0 Å². The standard InChI is InChI=1S/C11H23N3O2.2ClH/c1-4-14-5-6-16-9(7-14)10(15)13-8-11(2,3)12;;/h9H,4-8,12H2,1-3H3,(H,13,15);2*1H. The zero-order valence-electron chi connectivity index (χ0n) is 11.3. The van der Waals surface area contributed by atoms with E-state index in [0.717, 1.165) is 13.1 Å². The molecule has 0 radical (unpaired) electrons. The minimum atomic E-state index is -0.380. The van der Waals surface area contributed by atoms with Gasteiger partial charge >= 0.3 is 0 Å². The zero-order valence-corrected chi connectivity index (χ0v) is 12.9. The van der Waals surface area contributed by atoms with Gasteiger partial charge in [0.1, 0.15) is 6.10 Å². The molecule has 1 amide bonds. The molecule has 0 bridgehead atoms. The van der Waals surface area contributed by atoms with Crippen molar-refractivity contribution in [3.8, 4) is 0 Å². The van der Waals surface area contributed by atoms with Crippen LogP contribution in [0.5, 0.6) is 0 Å². The Morgan fingerprint density at radius 3 is 2.61 bits per heavy atom. The summed E-state index contributed by atoms with van der Waals surface area (Å²) < 4.78 is 5.44. The number of halogens is 2. The summed E-state index contributed by atoms with van der Waals surface area (Å²) in [5.74, 6) is -0.0586. The van der Waals surface area contributed by atoms with E-state index in [1.165, 1.54) is 0 Å². The number of nitrogens with two attached hydrogens (primary N) is 1. The number of rotatable bonds is 4. The van der Waals surface area contributed by atoms with Gasteiger partial charge in [0.2, 0.25) is 0 Å². The second-order valence-electron chi connectivity index (χ2n) is 4.96. The highest BCUT2D eigenvalue weighted by atomic mass is 35.5. The lowest BCUT2D eigenvalue weighted by molar-refractivity contribution is -0.138. The quantitative estimate of drug-likeness (QED) is 0.789. The predicted molar refractivity (Wildman–Crippen MR) is 77.6 cm³/mol. The van der Waals surface area contributed by atoms with Crippen LogP contribution < -0.4 is 11.1 Å². The van der Waals surface area contributed by atoms with Crippen LogP contribution in [0.1, 0.15) is 20.8 Å². The molecule has 1 unspecified atom stereocenters. The molecule has 1 atom stereocenters. The summed E-state index contributed by atoms with van der Waals surface area (Å²) in [6.45, 7) is 9.48. The maximum atomic E-state index is 11.8. The monoisotopic (exact) mass is 301 g/mol. The summed E-state index contributed by atoms with van der Waals surface area (Å²) >= 11 is 0. The molecule has 0 aromatic carbocycles. The summed E-state index contributed by atoms with van der Waals surface area (Å²) in [5, 5.41) is 2.82. The topological polar surface area (TPSA) is 67.6 Å². The Bertz CT molecular complexity index is 247. The molecule has 0 aliphatic carbocycles. The molecule has 0 spiro atoms. The molecule has 3 N–H and O–H groups in total. The molecule has 1 heterocycles. The first-order valence-electron chi connectivity index (χ1n) is 5.83. The van der Waals surface area contributed by atoms with Gasteiger partial charge in [0.05, 0.1) is 6.61 Å². The molecule has 1 aliphatic rings. The van der Waals surface area contributed by atoms with Gasteiger partial charge in [-0.1, -0.05) is 6.92 Å². The molecular formula is C11H25Cl2N3O2. The van der Waals surface area contributed by atoms with Gasteiger partial charge in [-0.05, 0) is 20.4 Å². The highest BCUT2D eigenvalue weighted by Gasteiger charge is 2.26. The summed E-state index contributed by atoms with van der Waals surface area (Å²) in [4.78, 5) is 14.0. The van der Waals surface area contributed by atoms with E-state index in [1.54, 1.807) is 0 Å². The summed E-state index contributed by atoms with van der Waals surface area (Å²) in [5.41, 5.74) is 5.42. The average Bonchev–Trinajstić information content (AvgIpc) is 2.25. The molecule has 0 saturated carbocycles. The Hall–Kier alpha value is -0.0700. The molecular weight excluding hydrogens is 277 g/mol. The molecule has 0 aromatic heterocycles. The van der Waals surface area contributed by atoms with E-state index in [9.17, 15) is 4.79 Å². The van der Waals surface area contributed by atoms with Gasteiger partial charge in [-0.2, -0.15) is 0 Å². The van der Waals surface area contributed by atoms with Crippen LogP contribution in [0.4, 0.5) is 0 Å². The Balaban J connectivity index is 0. The smallest absolute Gasteiger partial charge is 0.250 e. The van der Waals surface area contributed by atoms with Crippen molar-refractivity contribution in [1.82, 2.24) is 10.2 Å². The van der Waals surface area contributed by atoms with Crippen LogP contribution in [0.25, 0.3) is 0 Å². The first-order chi connectivity index (χ1) is 7.42. The normalized spacial score (nSPS) is 20.6. The molecule has 1 rings (SSSR count). The molecule has 0 aromatic rings. The van der Waals surface area contributed by atoms with Crippen molar-refractivity contribution in [3.05, 3.63) is 0 Å². The third-order valence-corrected chi connectivity index (χ3v) is 2.61. The van der Waals surface area contributed by atoms with Gasteiger partial charge in [0.15, 0.2) is 0 Å². The molecule has 110 valence electrons. The first-order valence-corrected chi connectivity index (χ1v) is 5.83. The van der Waals surface area contributed by atoms with Crippen molar-refractivity contribution in [2.45, 2.75) is 32.4 Å². The minimum Gasteiger partial charge on any atom is -0.366 e. The lowest BCUT2D eigenvalue weighted by atomic mass is 10.1. The van der Waals surface area contributed by atoms with E-state index in [2.05, 4.69) is 17.1 Å². The number of nitrogens with zero attached hydrogens (tertiary/aromatic N) is 1. The average molecular weight is 302 g/mol. The highest BCUT2D eigenvalue weighted by molar-refractivity contribution is 5.85. The number of nitrogens with one attached hydrogen (secondary N) is 1. The van der Waals surface area contributed by atoms with E-state index in [-0.39, 0.29) is 42.4 Å². The number of amides is 1. The molecule has 7 heteroatoms. The van der Waals surface area contributed by atoms with Gasteiger partial charge in [0.25, 0.3) is 5.91 Å². The van der Waals surface area contributed by atoms with E-state index in [1.807, 2.05) is 13.8 Å². The van der Waals surface area contributed by atoms with Crippen LogP contribution in [0, 0.1) is 0 Å². The van der Waals surface area contributed by atoms with Crippen molar-refractivity contribution < 1.29 is 9.53 Å². The second kappa shape index (κ2) is 8.93.